The van der Waals surface area contributed by atoms with Gasteiger partial charge in [-0.15, -0.1) is 12.4 Å². The van der Waals surface area contributed by atoms with Crippen molar-refractivity contribution < 1.29 is 17.9 Å². The number of hydrogen-bond acceptors (Lipinski definition) is 5. The van der Waals surface area contributed by atoms with Gasteiger partial charge in [0.1, 0.15) is 0 Å². The molecule has 0 bridgehead atoms. The number of halogens is 1. The van der Waals surface area contributed by atoms with Gasteiger partial charge in [0, 0.05) is 19.1 Å². The van der Waals surface area contributed by atoms with E-state index in [1.54, 1.807) is 0 Å². The summed E-state index contributed by atoms with van der Waals surface area (Å²) in [5.74, 6) is -0.493. The summed E-state index contributed by atoms with van der Waals surface area (Å²) in [5, 5.41) is 0. The molecule has 0 aromatic heterocycles. The second-order valence-corrected chi connectivity index (χ2v) is 6.37. The summed E-state index contributed by atoms with van der Waals surface area (Å²) in [6.45, 7) is 0.767. The third-order valence-electron chi connectivity index (χ3n) is 3.10. The Balaban J connectivity index is 0.00000200. The number of nitrogens with two attached hydrogens (primary N) is 1. The fourth-order valence-electron chi connectivity index (χ4n) is 2.00. The van der Waals surface area contributed by atoms with Crippen LogP contribution in [0.5, 0.6) is 0 Å². The number of ether oxygens (including phenoxy) is 1. The van der Waals surface area contributed by atoms with Crippen molar-refractivity contribution in [1.82, 2.24) is 4.31 Å². The third-order valence-corrected chi connectivity index (χ3v) is 4.98. The second-order valence-electron chi connectivity index (χ2n) is 4.43. The van der Waals surface area contributed by atoms with Gasteiger partial charge in [-0.3, -0.25) is 0 Å². The molecule has 1 aromatic rings. The number of hydrogen-bond donors (Lipinski definition) is 1. The molecule has 2 rings (SSSR count). The normalized spacial score (nSPS) is 19.4. The van der Waals surface area contributed by atoms with E-state index in [1.807, 2.05) is 0 Å². The van der Waals surface area contributed by atoms with E-state index < -0.39 is 16.0 Å². The van der Waals surface area contributed by atoms with E-state index in [9.17, 15) is 13.2 Å². The smallest absolute Gasteiger partial charge is 0.337 e. The minimum absolute atomic E-state index is 0. The highest BCUT2D eigenvalue weighted by Gasteiger charge is 2.30. The van der Waals surface area contributed by atoms with E-state index in [2.05, 4.69) is 4.74 Å². The molecule has 1 unspecified atom stereocenters. The quantitative estimate of drug-likeness (QED) is 0.824. The van der Waals surface area contributed by atoms with Gasteiger partial charge in [-0.05, 0) is 30.7 Å². The molecule has 1 aliphatic heterocycles. The summed E-state index contributed by atoms with van der Waals surface area (Å²) in [6, 6.07) is 5.59. The van der Waals surface area contributed by atoms with Gasteiger partial charge in [0.25, 0.3) is 0 Å². The highest BCUT2D eigenvalue weighted by atomic mass is 35.5. The fourth-order valence-corrected chi connectivity index (χ4v) is 3.51. The Morgan fingerprint density at radius 2 is 1.95 bits per heavy atom. The van der Waals surface area contributed by atoms with Crippen LogP contribution in [0.2, 0.25) is 0 Å². The topological polar surface area (TPSA) is 89.7 Å². The Morgan fingerprint density at radius 3 is 2.40 bits per heavy atom. The molecule has 0 amide bonds. The maximum Gasteiger partial charge on any atom is 0.337 e. The first-order valence-electron chi connectivity index (χ1n) is 5.89. The molecule has 1 atom stereocenters. The first-order valence-corrected chi connectivity index (χ1v) is 7.33. The van der Waals surface area contributed by atoms with Gasteiger partial charge in [-0.25, -0.2) is 13.2 Å². The summed E-state index contributed by atoms with van der Waals surface area (Å²) in [5.41, 5.74) is 6.03. The van der Waals surface area contributed by atoms with Crippen molar-refractivity contribution in [2.24, 2.45) is 5.73 Å². The maximum atomic E-state index is 12.3. The van der Waals surface area contributed by atoms with Crippen molar-refractivity contribution in [2.45, 2.75) is 17.4 Å². The lowest BCUT2D eigenvalue weighted by molar-refractivity contribution is 0.0600. The van der Waals surface area contributed by atoms with Crippen LogP contribution in [-0.4, -0.2) is 44.9 Å². The van der Waals surface area contributed by atoms with Crippen molar-refractivity contribution in [3.8, 4) is 0 Å². The van der Waals surface area contributed by atoms with Gasteiger partial charge in [0.05, 0.1) is 17.6 Å². The third kappa shape index (κ3) is 3.29. The number of methoxy groups -OCH3 is 1. The Bertz CT molecular complexity index is 574. The van der Waals surface area contributed by atoms with Gasteiger partial charge in [0.15, 0.2) is 0 Å². The number of sulfonamides is 1. The Labute approximate surface area is 124 Å². The number of carbonyl (C=O) groups excluding carboxylic acids is 1. The number of nitrogens with zero attached hydrogens (tertiary/aromatic N) is 1. The van der Waals surface area contributed by atoms with Crippen molar-refractivity contribution in [3.05, 3.63) is 29.8 Å². The number of benzene rings is 1. The van der Waals surface area contributed by atoms with Crippen LogP contribution in [0, 0.1) is 0 Å². The van der Waals surface area contributed by atoms with Gasteiger partial charge >= 0.3 is 5.97 Å². The van der Waals surface area contributed by atoms with E-state index in [-0.39, 0.29) is 23.3 Å². The zero-order valence-electron chi connectivity index (χ0n) is 11.0. The molecule has 0 radical (unpaired) electrons. The molecule has 1 aromatic carbocycles. The molecule has 2 N–H and O–H groups in total. The van der Waals surface area contributed by atoms with Gasteiger partial charge in [0.2, 0.25) is 10.0 Å². The Kier molecular flexibility index (Phi) is 5.52. The standard InChI is InChI=1S/C12H16N2O4S.ClH/c1-18-12(15)9-2-4-11(5-3-9)19(16,17)14-7-6-10(13)8-14;/h2-5,10H,6-8,13H2,1H3;1H. The molecule has 8 heteroatoms. The van der Waals surface area contributed by atoms with E-state index in [4.69, 9.17) is 5.73 Å². The van der Waals surface area contributed by atoms with Gasteiger partial charge in [-0.1, -0.05) is 0 Å². The first-order chi connectivity index (χ1) is 8.95. The zero-order valence-corrected chi connectivity index (χ0v) is 12.6. The molecule has 1 aliphatic rings. The van der Waals surface area contributed by atoms with Gasteiger partial charge < -0.3 is 10.5 Å². The molecule has 1 fully saturated rings. The molecule has 6 nitrogen and oxygen atoms in total. The molecule has 1 heterocycles. The Hall–Kier alpha value is -1.15. The summed E-state index contributed by atoms with van der Waals surface area (Å²) in [4.78, 5) is 11.4. The summed E-state index contributed by atoms with van der Waals surface area (Å²) < 4.78 is 30.5. The van der Waals surface area contributed by atoms with Crippen LogP contribution < -0.4 is 5.73 Å². The lowest BCUT2D eigenvalue weighted by atomic mass is 10.2. The SMILES string of the molecule is COC(=O)c1ccc(S(=O)(=O)N2CCC(N)C2)cc1.Cl. The van der Waals surface area contributed by atoms with Crippen LogP contribution in [0.1, 0.15) is 16.8 Å². The minimum atomic E-state index is -3.52. The number of carbonyl (C=O) groups is 1. The lowest BCUT2D eigenvalue weighted by Gasteiger charge is -2.15. The molecular formula is C12H17ClN2O4S. The number of esters is 1. The van der Waals surface area contributed by atoms with Crippen LogP contribution in [0.25, 0.3) is 0 Å². The molecule has 0 spiro atoms. The average molecular weight is 321 g/mol. The van der Waals surface area contributed by atoms with Crippen LogP contribution in [0.3, 0.4) is 0 Å². The summed E-state index contributed by atoms with van der Waals surface area (Å²) >= 11 is 0. The highest BCUT2D eigenvalue weighted by molar-refractivity contribution is 7.89. The van der Waals surface area contributed by atoms with E-state index >= 15 is 0 Å². The summed E-state index contributed by atoms with van der Waals surface area (Å²) in [6.07, 6.45) is 0.666. The monoisotopic (exact) mass is 320 g/mol. The van der Waals surface area contributed by atoms with Crippen molar-refractivity contribution in [3.63, 3.8) is 0 Å². The lowest BCUT2D eigenvalue weighted by Crippen LogP contribution is -2.31. The van der Waals surface area contributed by atoms with Crippen molar-refractivity contribution in [1.29, 1.82) is 0 Å². The molecule has 20 heavy (non-hydrogen) atoms. The van der Waals surface area contributed by atoms with Gasteiger partial charge in [-0.2, -0.15) is 4.31 Å². The Morgan fingerprint density at radius 1 is 1.35 bits per heavy atom. The average Bonchev–Trinajstić information content (AvgIpc) is 2.85. The zero-order chi connectivity index (χ0) is 14.0. The van der Waals surface area contributed by atoms with Crippen LogP contribution >= 0.6 is 12.4 Å². The van der Waals surface area contributed by atoms with Crippen LogP contribution in [0.4, 0.5) is 0 Å². The largest absolute Gasteiger partial charge is 0.465 e. The highest BCUT2D eigenvalue weighted by Crippen LogP contribution is 2.20. The molecule has 1 saturated heterocycles. The van der Waals surface area contributed by atoms with Crippen molar-refractivity contribution >= 4 is 28.4 Å². The van der Waals surface area contributed by atoms with Crippen molar-refractivity contribution in [2.75, 3.05) is 20.2 Å². The minimum Gasteiger partial charge on any atom is -0.465 e. The van der Waals surface area contributed by atoms with E-state index in [0.29, 0.717) is 25.1 Å². The molecule has 0 aliphatic carbocycles. The predicted molar refractivity (Wildman–Crippen MR) is 76.4 cm³/mol. The van der Waals surface area contributed by atoms with Crippen LogP contribution in [0.15, 0.2) is 29.2 Å². The van der Waals surface area contributed by atoms with E-state index in [0.717, 1.165) is 0 Å². The second kappa shape index (κ2) is 6.53. The first kappa shape index (κ1) is 16.9. The maximum absolute atomic E-state index is 12.3. The van der Waals surface area contributed by atoms with E-state index in [1.165, 1.54) is 35.7 Å². The number of rotatable bonds is 3. The molecule has 112 valence electrons. The summed E-state index contributed by atoms with van der Waals surface area (Å²) in [7, 11) is -2.24. The fraction of sp³-hybridized carbons (Fsp3) is 0.417. The predicted octanol–water partition coefficient (Wildman–Crippen LogP) is 0.617. The molecule has 0 saturated carbocycles. The molecular weight excluding hydrogens is 304 g/mol. The van der Waals surface area contributed by atoms with Crippen LogP contribution in [-0.2, 0) is 14.8 Å².